The fourth-order valence-electron chi connectivity index (χ4n) is 3.63. The second-order valence-corrected chi connectivity index (χ2v) is 9.87. The lowest BCUT2D eigenvalue weighted by Gasteiger charge is -2.23. The van der Waals surface area contributed by atoms with Crippen LogP contribution in [0.2, 0.25) is 0 Å². The summed E-state index contributed by atoms with van der Waals surface area (Å²) in [6.45, 7) is 2.22. The molecule has 3 aromatic rings. The van der Waals surface area contributed by atoms with Crippen LogP contribution in [-0.2, 0) is 14.8 Å². The van der Waals surface area contributed by atoms with Crippen LogP contribution in [0.1, 0.15) is 35.6 Å². The van der Waals surface area contributed by atoms with E-state index in [9.17, 15) is 13.2 Å². The molecular weight excluding hydrogens is 436 g/mol. The summed E-state index contributed by atoms with van der Waals surface area (Å²) in [5.41, 5.74) is 3.65. The number of nitrogens with zero attached hydrogens (tertiary/aromatic N) is 1. The third-order valence-electron chi connectivity index (χ3n) is 5.36. The predicted octanol–water partition coefficient (Wildman–Crippen LogP) is 4.46. The lowest BCUT2D eigenvalue weighted by atomic mass is 9.97. The van der Waals surface area contributed by atoms with Crippen molar-refractivity contribution in [1.82, 2.24) is 5.32 Å². The number of carbonyl (C=O) groups excluding carboxylic acids is 1. The number of hydrogen-bond acceptors (Lipinski definition) is 4. The monoisotopic (exact) mass is 466 g/mol. The molecule has 174 valence electrons. The first-order valence-electron chi connectivity index (χ1n) is 10.8. The number of methoxy groups -OCH3 is 1. The van der Waals surface area contributed by atoms with Gasteiger partial charge in [0.25, 0.3) is 0 Å². The van der Waals surface area contributed by atoms with Gasteiger partial charge < -0.3 is 10.1 Å². The maximum Gasteiger partial charge on any atom is 0.232 e. The minimum absolute atomic E-state index is 0.136. The van der Waals surface area contributed by atoms with Crippen LogP contribution in [0.3, 0.4) is 0 Å². The van der Waals surface area contributed by atoms with Crippen LogP contribution in [0.25, 0.3) is 0 Å². The number of amides is 1. The molecule has 6 nitrogen and oxygen atoms in total. The van der Waals surface area contributed by atoms with Gasteiger partial charge in [0.15, 0.2) is 0 Å². The van der Waals surface area contributed by atoms with E-state index in [-0.39, 0.29) is 24.9 Å². The van der Waals surface area contributed by atoms with Crippen molar-refractivity contribution >= 4 is 21.6 Å². The van der Waals surface area contributed by atoms with Crippen molar-refractivity contribution < 1.29 is 17.9 Å². The number of hydrogen-bond donors (Lipinski definition) is 1. The Kier molecular flexibility index (Phi) is 8.11. The van der Waals surface area contributed by atoms with Gasteiger partial charge in [0.1, 0.15) is 5.75 Å². The van der Waals surface area contributed by atoms with Gasteiger partial charge in [-0.05, 0) is 36.6 Å². The highest BCUT2D eigenvalue weighted by molar-refractivity contribution is 7.92. The number of aryl methyl sites for hydroxylation is 1. The predicted molar refractivity (Wildman–Crippen MR) is 132 cm³/mol. The minimum Gasteiger partial charge on any atom is -0.497 e. The van der Waals surface area contributed by atoms with E-state index in [0.717, 1.165) is 22.9 Å². The van der Waals surface area contributed by atoms with E-state index in [1.807, 2.05) is 61.5 Å². The molecule has 3 aromatic carbocycles. The smallest absolute Gasteiger partial charge is 0.232 e. The Morgan fingerprint density at radius 3 is 2.27 bits per heavy atom. The highest BCUT2D eigenvalue weighted by atomic mass is 32.2. The Morgan fingerprint density at radius 2 is 1.64 bits per heavy atom. The van der Waals surface area contributed by atoms with Gasteiger partial charge in [0.05, 0.1) is 25.1 Å². The van der Waals surface area contributed by atoms with Crippen LogP contribution in [0.15, 0.2) is 78.9 Å². The first-order chi connectivity index (χ1) is 15.8. The quantitative estimate of drug-likeness (QED) is 0.479. The Hall–Kier alpha value is -3.32. The van der Waals surface area contributed by atoms with Crippen LogP contribution in [0.4, 0.5) is 5.69 Å². The van der Waals surface area contributed by atoms with Crippen molar-refractivity contribution in [2.75, 3.05) is 24.2 Å². The largest absolute Gasteiger partial charge is 0.497 e. The summed E-state index contributed by atoms with van der Waals surface area (Å²) >= 11 is 0. The highest BCUT2D eigenvalue weighted by Gasteiger charge is 2.20. The minimum atomic E-state index is -3.51. The second kappa shape index (κ2) is 11.0. The van der Waals surface area contributed by atoms with Gasteiger partial charge in [-0.15, -0.1) is 0 Å². The lowest BCUT2D eigenvalue weighted by molar-refractivity contribution is -0.121. The summed E-state index contributed by atoms with van der Waals surface area (Å²) in [6.07, 6.45) is 1.74. The van der Waals surface area contributed by atoms with Gasteiger partial charge in [-0.3, -0.25) is 9.10 Å². The summed E-state index contributed by atoms with van der Waals surface area (Å²) in [6, 6.07) is 24.5. The molecule has 3 rings (SSSR count). The van der Waals surface area contributed by atoms with E-state index in [4.69, 9.17) is 4.74 Å². The average Bonchev–Trinajstić information content (AvgIpc) is 2.81. The summed E-state index contributed by atoms with van der Waals surface area (Å²) in [4.78, 5) is 12.8. The van der Waals surface area contributed by atoms with Crippen molar-refractivity contribution in [3.05, 3.63) is 95.6 Å². The van der Waals surface area contributed by atoms with Crippen LogP contribution in [-0.4, -0.2) is 34.2 Å². The summed E-state index contributed by atoms with van der Waals surface area (Å²) in [5.74, 6) is 0.436. The maximum absolute atomic E-state index is 12.8. The fraction of sp³-hybridized carbons (Fsp3) is 0.269. The van der Waals surface area contributed by atoms with E-state index in [1.165, 1.54) is 11.4 Å². The molecule has 0 spiro atoms. The average molecular weight is 467 g/mol. The standard InChI is InChI=1S/C26H30N2O4S/c1-20-14-16-22(17-15-20)26(21-9-5-4-6-10-21)27-25(29)13-8-18-28(33(3,30)31)23-11-7-12-24(19-23)32-2/h4-7,9-12,14-17,19,26H,8,13,18H2,1-3H3,(H,27,29). The Balaban J connectivity index is 1.69. The summed E-state index contributed by atoms with van der Waals surface area (Å²) in [7, 11) is -1.97. The molecule has 0 saturated heterocycles. The number of ether oxygens (including phenoxy) is 1. The SMILES string of the molecule is COc1cccc(N(CCCC(=O)NC(c2ccccc2)c2ccc(C)cc2)S(C)(=O)=O)c1. The van der Waals surface area contributed by atoms with Crippen molar-refractivity contribution in [2.45, 2.75) is 25.8 Å². The molecule has 0 fully saturated rings. The molecule has 1 N–H and O–H groups in total. The van der Waals surface area contributed by atoms with E-state index in [2.05, 4.69) is 5.32 Å². The summed E-state index contributed by atoms with van der Waals surface area (Å²) in [5, 5.41) is 3.11. The molecule has 0 bridgehead atoms. The highest BCUT2D eigenvalue weighted by Crippen LogP contribution is 2.25. The molecule has 0 aromatic heterocycles. The van der Waals surface area contributed by atoms with E-state index in [1.54, 1.807) is 24.3 Å². The molecule has 0 saturated carbocycles. The van der Waals surface area contributed by atoms with Crippen LogP contribution >= 0.6 is 0 Å². The van der Waals surface area contributed by atoms with Crippen molar-refractivity contribution in [3.8, 4) is 5.75 Å². The molecule has 1 atom stereocenters. The van der Waals surface area contributed by atoms with Crippen molar-refractivity contribution in [3.63, 3.8) is 0 Å². The van der Waals surface area contributed by atoms with Crippen molar-refractivity contribution in [1.29, 1.82) is 0 Å². The zero-order valence-corrected chi connectivity index (χ0v) is 20.0. The number of nitrogens with one attached hydrogen (secondary N) is 1. The fourth-order valence-corrected chi connectivity index (χ4v) is 4.59. The zero-order valence-electron chi connectivity index (χ0n) is 19.2. The van der Waals surface area contributed by atoms with Gasteiger partial charge in [-0.1, -0.05) is 66.2 Å². The van der Waals surface area contributed by atoms with Gasteiger partial charge in [-0.25, -0.2) is 8.42 Å². The van der Waals surface area contributed by atoms with Gasteiger partial charge >= 0.3 is 0 Å². The van der Waals surface area contributed by atoms with Crippen LogP contribution < -0.4 is 14.4 Å². The number of benzene rings is 3. The second-order valence-electron chi connectivity index (χ2n) is 7.96. The molecule has 0 aliphatic carbocycles. The van der Waals surface area contributed by atoms with Crippen molar-refractivity contribution in [2.24, 2.45) is 0 Å². The molecule has 7 heteroatoms. The maximum atomic E-state index is 12.8. The molecule has 33 heavy (non-hydrogen) atoms. The number of carbonyl (C=O) groups is 1. The summed E-state index contributed by atoms with van der Waals surface area (Å²) < 4.78 is 31.2. The molecule has 0 heterocycles. The molecule has 1 unspecified atom stereocenters. The molecular formula is C26H30N2O4S. The lowest BCUT2D eigenvalue weighted by Crippen LogP contribution is -2.33. The zero-order chi connectivity index (χ0) is 23.8. The molecule has 0 aliphatic rings. The Morgan fingerprint density at radius 1 is 0.970 bits per heavy atom. The number of anilines is 1. The Labute approximate surface area is 196 Å². The normalized spacial score (nSPS) is 12.1. The van der Waals surface area contributed by atoms with E-state index < -0.39 is 10.0 Å². The molecule has 0 aliphatic heterocycles. The van der Waals surface area contributed by atoms with E-state index >= 15 is 0 Å². The first-order valence-corrected chi connectivity index (χ1v) is 12.7. The van der Waals surface area contributed by atoms with Crippen LogP contribution in [0.5, 0.6) is 5.75 Å². The van der Waals surface area contributed by atoms with Gasteiger partial charge in [-0.2, -0.15) is 0 Å². The van der Waals surface area contributed by atoms with Gasteiger partial charge in [0.2, 0.25) is 15.9 Å². The third-order valence-corrected chi connectivity index (χ3v) is 6.55. The van der Waals surface area contributed by atoms with Gasteiger partial charge in [0, 0.05) is 19.0 Å². The first kappa shape index (κ1) is 24.3. The van der Waals surface area contributed by atoms with E-state index in [0.29, 0.717) is 17.9 Å². The third kappa shape index (κ3) is 6.83. The molecule has 0 radical (unpaired) electrons. The molecule has 1 amide bonds. The number of rotatable bonds is 10. The number of sulfonamides is 1. The topological polar surface area (TPSA) is 75.7 Å². The Bertz CT molecular complexity index is 1160. The van der Waals surface area contributed by atoms with Crippen LogP contribution in [0, 0.1) is 6.92 Å².